The molecule has 0 spiro atoms. The van der Waals surface area contributed by atoms with Crippen molar-refractivity contribution in [3.8, 4) is 0 Å². The van der Waals surface area contributed by atoms with Gasteiger partial charge in [-0.25, -0.2) is 0 Å². The monoisotopic (exact) mass is 198 g/mol. The van der Waals surface area contributed by atoms with E-state index in [2.05, 4.69) is 5.32 Å². The van der Waals surface area contributed by atoms with E-state index in [9.17, 15) is 14.9 Å². The first kappa shape index (κ1) is 9.43. The van der Waals surface area contributed by atoms with Gasteiger partial charge in [0.1, 0.15) is 0 Å². The number of amides is 1. The molecule has 1 N–H and O–H groups in total. The summed E-state index contributed by atoms with van der Waals surface area (Å²) in [5, 5.41) is 13.5. The van der Waals surface area contributed by atoms with Crippen molar-refractivity contribution in [2.45, 2.75) is 44.2 Å². The average molecular weight is 198 g/mol. The number of nitro groups is 1. The maximum absolute atomic E-state index is 11.1. The van der Waals surface area contributed by atoms with E-state index < -0.39 is 0 Å². The first-order chi connectivity index (χ1) is 6.66. The van der Waals surface area contributed by atoms with Gasteiger partial charge >= 0.3 is 0 Å². The summed E-state index contributed by atoms with van der Waals surface area (Å²) < 4.78 is 0. The van der Waals surface area contributed by atoms with E-state index in [1.54, 1.807) is 0 Å². The number of rotatable bonds is 1. The molecule has 0 aromatic carbocycles. The van der Waals surface area contributed by atoms with E-state index in [0.29, 0.717) is 25.2 Å². The number of nitrogens with one attached hydrogen (secondary N) is 1. The molecule has 1 saturated heterocycles. The van der Waals surface area contributed by atoms with Crippen molar-refractivity contribution in [1.29, 1.82) is 0 Å². The normalized spacial score (nSPS) is 37.1. The lowest BCUT2D eigenvalue weighted by atomic mass is 9.77. The summed E-state index contributed by atoms with van der Waals surface area (Å²) >= 11 is 0. The number of piperidine rings is 1. The lowest BCUT2D eigenvalue weighted by Crippen LogP contribution is -2.49. The second-order valence-corrected chi connectivity index (χ2v) is 4.22. The van der Waals surface area contributed by atoms with Crippen LogP contribution in [0.2, 0.25) is 0 Å². The molecule has 5 nitrogen and oxygen atoms in total. The van der Waals surface area contributed by atoms with Crippen LogP contribution in [0, 0.1) is 16.0 Å². The molecule has 0 bridgehead atoms. The Morgan fingerprint density at radius 1 is 1.36 bits per heavy atom. The zero-order chi connectivity index (χ0) is 10.1. The zero-order valence-electron chi connectivity index (χ0n) is 7.94. The third-order valence-electron chi connectivity index (χ3n) is 3.34. The Hall–Kier alpha value is -1.13. The molecule has 2 aliphatic rings. The number of fused-ring (bicyclic) bond motifs is 1. The number of carbonyl (C=O) groups is 1. The van der Waals surface area contributed by atoms with E-state index in [4.69, 9.17) is 0 Å². The smallest absolute Gasteiger partial charge is 0.220 e. The van der Waals surface area contributed by atoms with Gasteiger partial charge in [-0.05, 0) is 18.8 Å². The van der Waals surface area contributed by atoms with Crippen molar-refractivity contribution in [2.75, 3.05) is 0 Å². The Labute approximate surface area is 82.0 Å². The highest BCUT2D eigenvalue weighted by Crippen LogP contribution is 2.32. The predicted molar refractivity (Wildman–Crippen MR) is 49.3 cm³/mol. The van der Waals surface area contributed by atoms with E-state index in [0.717, 1.165) is 12.8 Å². The van der Waals surface area contributed by atoms with Gasteiger partial charge in [-0.2, -0.15) is 0 Å². The van der Waals surface area contributed by atoms with Crippen molar-refractivity contribution in [1.82, 2.24) is 5.32 Å². The van der Waals surface area contributed by atoms with Crippen LogP contribution in [0.15, 0.2) is 0 Å². The van der Waals surface area contributed by atoms with Crippen molar-refractivity contribution < 1.29 is 9.72 Å². The Morgan fingerprint density at radius 3 is 2.86 bits per heavy atom. The van der Waals surface area contributed by atoms with E-state index in [1.165, 1.54) is 0 Å². The molecule has 2 fully saturated rings. The number of nitrogens with zero attached hydrogens (tertiary/aromatic N) is 1. The first-order valence-electron chi connectivity index (χ1n) is 5.09. The van der Waals surface area contributed by atoms with Crippen molar-refractivity contribution in [3.63, 3.8) is 0 Å². The summed E-state index contributed by atoms with van der Waals surface area (Å²) in [7, 11) is 0. The van der Waals surface area contributed by atoms with Crippen molar-refractivity contribution >= 4 is 5.91 Å². The van der Waals surface area contributed by atoms with Gasteiger partial charge in [0.05, 0.1) is 0 Å². The summed E-state index contributed by atoms with van der Waals surface area (Å²) in [4.78, 5) is 21.5. The molecule has 1 aliphatic heterocycles. The van der Waals surface area contributed by atoms with Gasteiger partial charge in [0, 0.05) is 30.2 Å². The highest BCUT2D eigenvalue weighted by Gasteiger charge is 2.38. The van der Waals surface area contributed by atoms with Crippen LogP contribution in [0.3, 0.4) is 0 Å². The number of carbonyl (C=O) groups excluding carboxylic acids is 1. The Kier molecular flexibility index (Phi) is 2.39. The molecule has 14 heavy (non-hydrogen) atoms. The first-order valence-corrected chi connectivity index (χ1v) is 5.09. The van der Waals surface area contributed by atoms with Gasteiger partial charge in [0.15, 0.2) is 0 Å². The molecule has 3 atom stereocenters. The molecule has 0 radical (unpaired) electrons. The summed E-state index contributed by atoms with van der Waals surface area (Å²) in [5.74, 6) is 0.433. The van der Waals surface area contributed by atoms with Crippen LogP contribution in [-0.2, 0) is 4.79 Å². The molecule has 1 aliphatic carbocycles. The molecule has 1 saturated carbocycles. The van der Waals surface area contributed by atoms with Gasteiger partial charge in [0.2, 0.25) is 11.9 Å². The zero-order valence-corrected chi connectivity index (χ0v) is 7.94. The quantitative estimate of drug-likeness (QED) is 0.498. The van der Waals surface area contributed by atoms with Crippen LogP contribution in [0.1, 0.15) is 32.1 Å². The standard InChI is InChI=1S/C9H14N2O3/c12-9-4-1-6-5-7(11(13)14)2-3-8(6)10-9/h6-8H,1-5H2,(H,10,12). The van der Waals surface area contributed by atoms with E-state index in [-0.39, 0.29) is 22.9 Å². The van der Waals surface area contributed by atoms with Crippen LogP contribution >= 0.6 is 0 Å². The van der Waals surface area contributed by atoms with Crippen molar-refractivity contribution in [3.05, 3.63) is 10.1 Å². The summed E-state index contributed by atoms with van der Waals surface area (Å²) in [5.41, 5.74) is 0. The fourth-order valence-corrected chi connectivity index (χ4v) is 2.54. The molecule has 0 aromatic heterocycles. The second kappa shape index (κ2) is 3.55. The van der Waals surface area contributed by atoms with Crippen LogP contribution < -0.4 is 5.32 Å². The highest BCUT2D eigenvalue weighted by molar-refractivity contribution is 5.77. The molecule has 1 heterocycles. The molecule has 1 amide bonds. The van der Waals surface area contributed by atoms with Crippen molar-refractivity contribution in [2.24, 2.45) is 5.92 Å². The van der Waals surface area contributed by atoms with Crippen LogP contribution in [0.5, 0.6) is 0 Å². The summed E-state index contributed by atoms with van der Waals surface area (Å²) in [6.07, 6.45) is 3.36. The summed E-state index contributed by atoms with van der Waals surface area (Å²) in [6.45, 7) is 0. The lowest BCUT2D eigenvalue weighted by molar-refractivity contribution is -0.528. The van der Waals surface area contributed by atoms with Crippen LogP contribution in [-0.4, -0.2) is 22.9 Å². The number of hydrogen-bond donors (Lipinski definition) is 1. The van der Waals surface area contributed by atoms with Gasteiger partial charge in [-0.15, -0.1) is 0 Å². The Morgan fingerprint density at radius 2 is 2.14 bits per heavy atom. The minimum atomic E-state index is -0.383. The van der Waals surface area contributed by atoms with Crippen LogP contribution in [0.25, 0.3) is 0 Å². The van der Waals surface area contributed by atoms with Gasteiger partial charge in [-0.3, -0.25) is 14.9 Å². The molecule has 78 valence electrons. The van der Waals surface area contributed by atoms with Gasteiger partial charge in [-0.1, -0.05) is 0 Å². The second-order valence-electron chi connectivity index (χ2n) is 4.22. The minimum Gasteiger partial charge on any atom is -0.353 e. The van der Waals surface area contributed by atoms with E-state index in [1.807, 2.05) is 0 Å². The summed E-state index contributed by atoms with van der Waals surface area (Å²) in [6, 6.07) is -0.182. The minimum absolute atomic E-state index is 0.103. The fourth-order valence-electron chi connectivity index (χ4n) is 2.54. The van der Waals surface area contributed by atoms with Gasteiger partial charge in [0.25, 0.3) is 0 Å². The van der Waals surface area contributed by atoms with Crippen LogP contribution in [0.4, 0.5) is 0 Å². The fraction of sp³-hybridized carbons (Fsp3) is 0.889. The highest BCUT2D eigenvalue weighted by atomic mass is 16.6. The molecular weight excluding hydrogens is 184 g/mol. The predicted octanol–water partition coefficient (Wildman–Crippen LogP) is 0.710. The third-order valence-corrected chi connectivity index (χ3v) is 3.34. The molecule has 2 rings (SSSR count). The molecular formula is C9H14N2O3. The topological polar surface area (TPSA) is 72.2 Å². The molecule has 3 unspecified atom stereocenters. The largest absolute Gasteiger partial charge is 0.353 e. The molecule has 5 heteroatoms. The maximum Gasteiger partial charge on any atom is 0.220 e. The Balaban J connectivity index is 1.98. The third kappa shape index (κ3) is 1.71. The van der Waals surface area contributed by atoms with E-state index >= 15 is 0 Å². The lowest BCUT2D eigenvalue weighted by Gasteiger charge is -2.36. The maximum atomic E-state index is 11.1. The average Bonchev–Trinajstić information content (AvgIpc) is 2.16. The number of hydrogen-bond acceptors (Lipinski definition) is 3. The van der Waals surface area contributed by atoms with Gasteiger partial charge < -0.3 is 5.32 Å². The molecule has 0 aromatic rings. The SMILES string of the molecule is O=C1CCC2CC([N+](=O)[O-])CCC2N1. The Bertz CT molecular complexity index is 267.